The Bertz CT molecular complexity index is 3680. The maximum atomic E-state index is 5.23. The first kappa shape index (κ1) is 36.5. The third kappa shape index (κ3) is 5.94. The van der Waals surface area contributed by atoms with Crippen molar-refractivity contribution in [3.63, 3.8) is 0 Å². The second-order valence-corrected chi connectivity index (χ2v) is 18.0. The molecule has 3 heterocycles. The number of fused-ring (bicyclic) bond motifs is 10. The minimum atomic E-state index is 0.711. The average molecular weight is 812 g/mol. The van der Waals surface area contributed by atoms with Crippen LogP contribution >= 0.6 is 11.3 Å². The Balaban J connectivity index is 1.04. The summed E-state index contributed by atoms with van der Waals surface area (Å²) in [7, 11) is 0. The number of hydrogen-bond acceptors (Lipinski definition) is 3. The molecule has 0 spiro atoms. The van der Waals surface area contributed by atoms with Gasteiger partial charge >= 0.3 is 0 Å². The smallest absolute Gasteiger partial charge is 0.160 e. The van der Waals surface area contributed by atoms with Crippen LogP contribution in [0.1, 0.15) is 22.3 Å². The normalized spacial score (nSPS) is 11.9. The lowest BCUT2D eigenvalue weighted by Crippen LogP contribution is -1.98. The summed E-state index contributed by atoms with van der Waals surface area (Å²) < 4.78 is 5.06. The minimum Gasteiger partial charge on any atom is -0.309 e. The fraction of sp³-hybridized carbons (Fsp3) is 0.0690. The second kappa shape index (κ2) is 14.1. The summed E-state index contributed by atoms with van der Waals surface area (Å²) in [5.41, 5.74) is 15.8. The third-order valence-corrected chi connectivity index (χ3v) is 13.6. The van der Waals surface area contributed by atoms with Gasteiger partial charge in [0.15, 0.2) is 5.82 Å². The highest BCUT2D eigenvalue weighted by Crippen LogP contribution is 2.45. The molecule has 0 saturated carbocycles. The third-order valence-electron chi connectivity index (χ3n) is 12.5. The maximum absolute atomic E-state index is 5.23. The van der Waals surface area contributed by atoms with Crippen LogP contribution in [-0.4, -0.2) is 14.5 Å². The summed E-state index contributed by atoms with van der Waals surface area (Å²) in [5, 5.41) is 10.2. The van der Waals surface area contributed by atoms with Gasteiger partial charge in [-0.25, -0.2) is 9.97 Å². The van der Waals surface area contributed by atoms with Crippen molar-refractivity contribution in [1.29, 1.82) is 0 Å². The van der Waals surface area contributed by atoms with Crippen molar-refractivity contribution in [2.45, 2.75) is 27.7 Å². The van der Waals surface area contributed by atoms with Gasteiger partial charge in [0.05, 0.1) is 22.4 Å². The predicted molar refractivity (Wildman–Crippen MR) is 265 cm³/mol. The van der Waals surface area contributed by atoms with E-state index < -0.39 is 0 Å². The van der Waals surface area contributed by atoms with Crippen LogP contribution < -0.4 is 0 Å². The first-order valence-corrected chi connectivity index (χ1v) is 22.1. The number of thiophene rings is 1. The van der Waals surface area contributed by atoms with Gasteiger partial charge in [0.25, 0.3) is 0 Å². The molecule has 0 N–H and O–H groups in total. The van der Waals surface area contributed by atoms with Crippen molar-refractivity contribution in [2.24, 2.45) is 0 Å². The molecule has 0 atom stereocenters. The molecule has 0 aliphatic rings. The molecule has 3 nitrogen and oxygen atoms in total. The molecule has 0 amide bonds. The van der Waals surface area contributed by atoms with Crippen LogP contribution in [0.5, 0.6) is 0 Å². The Labute approximate surface area is 364 Å². The molecule has 9 aromatic carbocycles. The fourth-order valence-corrected chi connectivity index (χ4v) is 11.1. The maximum Gasteiger partial charge on any atom is 0.160 e. The van der Waals surface area contributed by atoms with Crippen molar-refractivity contribution in [1.82, 2.24) is 14.5 Å². The number of aryl methyl sites for hydroxylation is 4. The van der Waals surface area contributed by atoms with E-state index in [0.29, 0.717) is 5.82 Å². The van der Waals surface area contributed by atoms with Crippen LogP contribution in [0.2, 0.25) is 0 Å². The van der Waals surface area contributed by atoms with Crippen molar-refractivity contribution in [3.8, 4) is 50.7 Å². The molecule has 0 aliphatic carbocycles. The Morgan fingerprint density at radius 2 is 0.968 bits per heavy atom. The highest BCUT2D eigenvalue weighted by atomic mass is 32.1. The van der Waals surface area contributed by atoms with Gasteiger partial charge in [0.2, 0.25) is 0 Å². The van der Waals surface area contributed by atoms with Gasteiger partial charge in [-0.2, -0.15) is 0 Å². The fourth-order valence-electron chi connectivity index (χ4n) is 9.94. The van der Waals surface area contributed by atoms with Gasteiger partial charge < -0.3 is 4.57 Å². The van der Waals surface area contributed by atoms with Crippen molar-refractivity contribution >= 4 is 74.9 Å². The molecule has 0 aliphatic heterocycles. The minimum absolute atomic E-state index is 0.711. The molecular formula is C58H41N3S. The van der Waals surface area contributed by atoms with E-state index in [1.54, 1.807) is 0 Å². The molecular weight excluding hydrogens is 771 g/mol. The summed E-state index contributed by atoms with van der Waals surface area (Å²) in [6.07, 6.45) is 0. The van der Waals surface area contributed by atoms with Crippen LogP contribution in [-0.2, 0) is 0 Å². The monoisotopic (exact) mass is 811 g/mol. The van der Waals surface area contributed by atoms with Crippen LogP contribution in [0, 0.1) is 27.7 Å². The number of hydrogen-bond donors (Lipinski definition) is 0. The zero-order valence-electron chi connectivity index (χ0n) is 35.0. The molecule has 62 heavy (non-hydrogen) atoms. The predicted octanol–water partition coefficient (Wildman–Crippen LogP) is 16.1. The zero-order valence-corrected chi connectivity index (χ0v) is 35.8. The van der Waals surface area contributed by atoms with Crippen molar-refractivity contribution in [3.05, 3.63) is 198 Å². The summed E-state index contributed by atoms with van der Waals surface area (Å²) >= 11 is 1.88. The molecule has 0 saturated heterocycles. The summed E-state index contributed by atoms with van der Waals surface area (Å²) in [4.78, 5) is 10.5. The van der Waals surface area contributed by atoms with Gasteiger partial charge in [0, 0.05) is 53.3 Å². The number of rotatable bonds is 5. The molecule has 0 unspecified atom stereocenters. The van der Waals surface area contributed by atoms with Crippen LogP contribution in [0.4, 0.5) is 0 Å². The Morgan fingerprint density at radius 1 is 0.387 bits per heavy atom. The van der Waals surface area contributed by atoms with Gasteiger partial charge in [0.1, 0.15) is 0 Å². The largest absolute Gasteiger partial charge is 0.309 e. The van der Waals surface area contributed by atoms with Crippen molar-refractivity contribution < 1.29 is 0 Å². The van der Waals surface area contributed by atoms with Gasteiger partial charge in [-0.1, -0.05) is 113 Å². The number of nitrogens with zero attached hydrogens (tertiary/aromatic N) is 3. The van der Waals surface area contributed by atoms with Gasteiger partial charge in [-0.05, 0) is 145 Å². The Hall–Kier alpha value is -7.40. The summed E-state index contributed by atoms with van der Waals surface area (Å²) in [6.45, 7) is 8.59. The molecule has 12 rings (SSSR count). The molecule has 294 valence electrons. The average Bonchev–Trinajstić information content (AvgIpc) is 3.84. The highest BCUT2D eigenvalue weighted by molar-refractivity contribution is 7.26. The van der Waals surface area contributed by atoms with Gasteiger partial charge in [-0.3, -0.25) is 0 Å². The van der Waals surface area contributed by atoms with Crippen LogP contribution in [0.25, 0.3) is 114 Å². The Morgan fingerprint density at radius 3 is 1.66 bits per heavy atom. The summed E-state index contributed by atoms with van der Waals surface area (Å²) in [5.74, 6) is 0.711. The van der Waals surface area contributed by atoms with E-state index in [1.165, 1.54) is 96.9 Å². The molecule has 0 fully saturated rings. The first-order chi connectivity index (χ1) is 30.3. The topological polar surface area (TPSA) is 30.7 Å². The van der Waals surface area contributed by atoms with E-state index in [0.717, 1.165) is 33.8 Å². The Kier molecular flexibility index (Phi) is 8.28. The molecule has 0 radical (unpaired) electrons. The SMILES string of the molecule is Cc1cc(C)cc(-c2cc(-c3cc(C)cc(C)c3)nc(-c3ccc(-n4c5ccc(-c6cc7sc8ccccc8c7c7ccccc67)cc5c5c6ccccc6ccc54)cc3)n2)c1. The first-order valence-electron chi connectivity index (χ1n) is 21.3. The number of aromatic nitrogens is 3. The molecule has 0 bridgehead atoms. The van der Waals surface area contributed by atoms with Crippen molar-refractivity contribution in [2.75, 3.05) is 0 Å². The lowest BCUT2D eigenvalue weighted by molar-refractivity contribution is 1.16. The quantitative estimate of drug-likeness (QED) is 0.173. The second-order valence-electron chi connectivity index (χ2n) is 17.0. The summed E-state index contributed by atoms with van der Waals surface area (Å²) in [6, 6.07) is 64.8. The highest BCUT2D eigenvalue weighted by Gasteiger charge is 2.19. The molecule has 4 heteroatoms. The van der Waals surface area contributed by atoms with Crippen LogP contribution in [0.3, 0.4) is 0 Å². The lowest BCUT2D eigenvalue weighted by Gasteiger charge is -2.13. The van der Waals surface area contributed by atoms with E-state index in [4.69, 9.17) is 9.97 Å². The standard InChI is InChI=1S/C58H41N3S/c1-34-25-35(2)28-41(27-34)50-33-51(42-29-36(3)26-37(4)30-42)60-58(59-50)39-17-21-43(22-18-39)61-52-23-20-40(31-49(52)56-44-12-6-5-11-38(44)19-24-53(56)61)48-32-55-57(46-14-8-7-13-45(46)48)47-15-9-10-16-54(47)62-55/h5-33H,1-4H3. The van der Waals surface area contributed by atoms with E-state index in [-0.39, 0.29) is 0 Å². The van der Waals surface area contributed by atoms with Gasteiger partial charge in [-0.15, -0.1) is 11.3 Å². The lowest BCUT2D eigenvalue weighted by atomic mass is 9.94. The van der Waals surface area contributed by atoms with E-state index in [2.05, 4.69) is 208 Å². The van der Waals surface area contributed by atoms with E-state index in [9.17, 15) is 0 Å². The number of benzene rings is 9. The van der Waals surface area contributed by atoms with E-state index >= 15 is 0 Å². The van der Waals surface area contributed by atoms with E-state index in [1.807, 2.05) is 11.3 Å². The zero-order chi connectivity index (χ0) is 41.6. The van der Waals surface area contributed by atoms with Crippen LogP contribution in [0.15, 0.2) is 176 Å². The molecule has 3 aromatic heterocycles. The molecule has 12 aromatic rings.